The Morgan fingerprint density at radius 3 is 2.71 bits per heavy atom. The predicted molar refractivity (Wildman–Crippen MR) is 103 cm³/mol. The molecule has 0 unspecified atom stereocenters. The maximum Gasteiger partial charge on any atom is 0.431 e. The van der Waals surface area contributed by atoms with Crippen LogP contribution in [0.15, 0.2) is 12.2 Å². The van der Waals surface area contributed by atoms with E-state index in [9.17, 15) is 19.5 Å². The van der Waals surface area contributed by atoms with Gasteiger partial charge in [0.2, 0.25) is 5.91 Å². The molecule has 0 heterocycles. The van der Waals surface area contributed by atoms with Gasteiger partial charge in [0.1, 0.15) is 11.9 Å². The Morgan fingerprint density at radius 2 is 2.00 bits per heavy atom. The van der Waals surface area contributed by atoms with E-state index >= 15 is 0 Å². The van der Waals surface area contributed by atoms with Crippen molar-refractivity contribution in [2.45, 2.75) is 70.1 Å². The van der Waals surface area contributed by atoms with Crippen molar-refractivity contribution in [1.82, 2.24) is 16.1 Å². The average molecular weight is 399 g/mol. The molecule has 0 aromatic rings. The van der Waals surface area contributed by atoms with Crippen LogP contribution >= 0.6 is 0 Å². The maximum absolute atomic E-state index is 11.7. The van der Waals surface area contributed by atoms with Gasteiger partial charge < -0.3 is 20.5 Å². The summed E-state index contributed by atoms with van der Waals surface area (Å²) < 4.78 is 5.18. The topological polar surface area (TPSA) is 126 Å². The molecule has 4 N–H and O–H groups in total. The molecule has 9 nitrogen and oxygen atoms in total. The summed E-state index contributed by atoms with van der Waals surface area (Å²) >= 11 is 0. The number of amides is 2. The van der Waals surface area contributed by atoms with Gasteiger partial charge in [-0.05, 0) is 65.0 Å². The second-order valence-electron chi connectivity index (χ2n) is 6.87. The molecule has 28 heavy (non-hydrogen) atoms. The van der Waals surface area contributed by atoms with Crippen LogP contribution in [0.5, 0.6) is 0 Å². The zero-order chi connectivity index (χ0) is 20.8. The average Bonchev–Trinajstić information content (AvgIpc) is 2.63. The van der Waals surface area contributed by atoms with Crippen LogP contribution in [-0.4, -0.2) is 61.3 Å². The number of Topliss-reactive ketones (excluding diaryl/α,β-unsaturated/α-hetero) is 1. The van der Waals surface area contributed by atoms with Crippen molar-refractivity contribution in [3.8, 4) is 0 Å². The summed E-state index contributed by atoms with van der Waals surface area (Å²) in [7, 11) is 1.75. The van der Waals surface area contributed by atoms with Gasteiger partial charge in [-0.2, -0.15) is 5.48 Å². The lowest BCUT2D eigenvalue weighted by molar-refractivity contribution is -0.128. The number of nitrogens with one attached hydrogen (secondary N) is 3. The fraction of sp³-hybridized carbons (Fsp3) is 0.737. The highest BCUT2D eigenvalue weighted by atomic mass is 16.7. The molecule has 3 atom stereocenters. The van der Waals surface area contributed by atoms with Gasteiger partial charge in [0.25, 0.3) is 0 Å². The number of ether oxygens (including phenoxy) is 1. The minimum Gasteiger partial charge on any atom is -0.441 e. The summed E-state index contributed by atoms with van der Waals surface area (Å²) in [4.78, 5) is 39.5. The van der Waals surface area contributed by atoms with E-state index in [1.54, 1.807) is 20.0 Å². The van der Waals surface area contributed by atoms with Gasteiger partial charge in [-0.25, -0.2) is 4.79 Å². The van der Waals surface area contributed by atoms with Gasteiger partial charge in [0, 0.05) is 6.54 Å². The largest absolute Gasteiger partial charge is 0.441 e. The van der Waals surface area contributed by atoms with E-state index in [0.29, 0.717) is 25.8 Å². The van der Waals surface area contributed by atoms with E-state index in [4.69, 9.17) is 9.57 Å². The number of hydrogen-bond donors (Lipinski definition) is 4. The van der Waals surface area contributed by atoms with Gasteiger partial charge in [0.15, 0.2) is 6.61 Å². The molecule has 9 heteroatoms. The minimum atomic E-state index is -0.778. The highest BCUT2D eigenvalue weighted by molar-refractivity contribution is 5.81. The van der Waals surface area contributed by atoms with Crippen LogP contribution in [0.1, 0.15) is 51.9 Å². The summed E-state index contributed by atoms with van der Waals surface area (Å²) in [6.07, 6.45) is 6.90. The zero-order valence-electron chi connectivity index (χ0n) is 16.7. The summed E-state index contributed by atoms with van der Waals surface area (Å²) in [6, 6.07) is -0.148. The zero-order valence-corrected chi connectivity index (χ0v) is 16.7. The Bertz CT molecular complexity index is 526. The monoisotopic (exact) mass is 399 g/mol. The molecule has 1 aliphatic carbocycles. The number of carbonyl (C=O) groups excluding carboxylic acids is 3. The van der Waals surface area contributed by atoms with Crippen LogP contribution in [0.3, 0.4) is 0 Å². The number of unbranched alkanes of at least 4 members (excludes halogenated alkanes) is 1. The molecule has 0 aromatic carbocycles. The summed E-state index contributed by atoms with van der Waals surface area (Å²) in [6.45, 7) is 1.70. The van der Waals surface area contributed by atoms with E-state index in [2.05, 4.69) is 16.1 Å². The lowest BCUT2D eigenvalue weighted by atomic mass is 10.0. The number of hydroxylamine groups is 1. The van der Waals surface area contributed by atoms with Crippen LogP contribution < -0.4 is 16.1 Å². The number of hydrogen-bond acceptors (Lipinski definition) is 7. The molecule has 1 aliphatic rings. The molecular weight excluding hydrogens is 366 g/mol. The van der Waals surface area contributed by atoms with E-state index in [1.165, 1.54) is 0 Å². The SMILES string of the molecule is CN[C@H](CCCCNC(=O)CONC(=O)O[C@@H]1/C=C/CC[C@@H](O)CC1)C(C)=O. The van der Waals surface area contributed by atoms with Crippen molar-refractivity contribution in [3.63, 3.8) is 0 Å². The Balaban J connectivity index is 2.09. The first-order chi connectivity index (χ1) is 13.4. The summed E-state index contributed by atoms with van der Waals surface area (Å²) in [5.41, 5.74) is 2.08. The number of carbonyl (C=O) groups is 3. The Kier molecular flexibility index (Phi) is 12.1. The van der Waals surface area contributed by atoms with Gasteiger partial charge in [0.05, 0.1) is 12.1 Å². The Labute approximate surface area is 166 Å². The third-order valence-electron chi connectivity index (χ3n) is 4.50. The highest BCUT2D eigenvalue weighted by Crippen LogP contribution is 2.15. The minimum absolute atomic E-state index is 0.101. The lowest BCUT2D eigenvalue weighted by Gasteiger charge is -2.19. The summed E-state index contributed by atoms with van der Waals surface area (Å²) in [5, 5.41) is 15.3. The standard InChI is InChI=1S/C19H33N3O6/c1-14(23)17(20-2)9-5-6-12-21-18(25)13-27-22-19(26)28-16-8-4-3-7-15(24)10-11-16/h4,8,15-17,20,24H,3,5-7,9-13H2,1-2H3,(H,21,25)(H,22,26)/b8-4+/t15-,16-,17-/m1/s1. The Hall–Kier alpha value is -1.97. The molecule has 0 aromatic heterocycles. The molecular formula is C19H33N3O6. The van der Waals surface area contributed by atoms with Gasteiger partial charge >= 0.3 is 6.09 Å². The molecule has 0 radical (unpaired) electrons. The van der Waals surface area contributed by atoms with Gasteiger partial charge in [-0.15, -0.1) is 0 Å². The number of allylic oxidation sites excluding steroid dienone is 1. The third-order valence-corrected chi connectivity index (χ3v) is 4.50. The fourth-order valence-corrected chi connectivity index (χ4v) is 2.86. The first-order valence-corrected chi connectivity index (χ1v) is 9.80. The van der Waals surface area contributed by atoms with Crippen molar-refractivity contribution < 1.29 is 29.1 Å². The first-order valence-electron chi connectivity index (χ1n) is 9.80. The second kappa shape index (κ2) is 14.1. The van der Waals surface area contributed by atoms with E-state index in [1.807, 2.05) is 6.08 Å². The first kappa shape index (κ1) is 24.1. The van der Waals surface area contributed by atoms with Crippen molar-refractivity contribution >= 4 is 17.8 Å². The molecule has 0 saturated heterocycles. The molecule has 0 bridgehead atoms. The predicted octanol–water partition coefficient (Wildman–Crippen LogP) is 0.967. The Morgan fingerprint density at radius 1 is 1.21 bits per heavy atom. The quantitative estimate of drug-likeness (QED) is 0.232. The molecule has 0 fully saturated rings. The molecule has 0 aliphatic heterocycles. The van der Waals surface area contributed by atoms with Crippen LogP contribution in [0.2, 0.25) is 0 Å². The van der Waals surface area contributed by atoms with Crippen LogP contribution in [0, 0.1) is 0 Å². The number of aliphatic hydroxyl groups is 1. The van der Waals surface area contributed by atoms with Gasteiger partial charge in [-0.3, -0.25) is 14.4 Å². The van der Waals surface area contributed by atoms with Crippen molar-refractivity contribution in [3.05, 3.63) is 12.2 Å². The summed E-state index contributed by atoms with van der Waals surface area (Å²) in [5.74, 6) is -0.255. The molecule has 0 spiro atoms. The van der Waals surface area contributed by atoms with Crippen LogP contribution in [0.4, 0.5) is 4.79 Å². The number of likely N-dealkylation sites (N-methyl/N-ethyl adjacent to an activating group) is 1. The molecule has 160 valence electrons. The number of aliphatic hydroxyl groups excluding tert-OH is 1. The number of rotatable bonds is 11. The van der Waals surface area contributed by atoms with E-state index in [0.717, 1.165) is 25.7 Å². The van der Waals surface area contributed by atoms with Crippen molar-refractivity contribution in [2.24, 2.45) is 0 Å². The third kappa shape index (κ3) is 11.0. The molecule has 0 saturated carbocycles. The molecule has 1 rings (SSSR count). The number of ketones is 1. The second-order valence-corrected chi connectivity index (χ2v) is 6.87. The molecule has 2 amide bonds. The van der Waals surface area contributed by atoms with E-state index < -0.39 is 12.2 Å². The van der Waals surface area contributed by atoms with Crippen molar-refractivity contribution in [1.29, 1.82) is 0 Å². The van der Waals surface area contributed by atoms with E-state index in [-0.39, 0.29) is 30.4 Å². The highest BCUT2D eigenvalue weighted by Gasteiger charge is 2.16. The fourth-order valence-electron chi connectivity index (χ4n) is 2.86. The normalized spacial score (nSPS) is 21.7. The smallest absolute Gasteiger partial charge is 0.431 e. The van der Waals surface area contributed by atoms with Crippen LogP contribution in [0.25, 0.3) is 0 Å². The van der Waals surface area contributed by atoms with Crippen LogP contribution in [-0.2, 0) is 19.2 Å². The van der Waals surface area contributed by atoms with Crippen molar-refractivity contribution in [2.75, 3.05) is 20.2 Å². The maximum atomic E-state index is 11.7. The van der Waals surface area contributed by atoms with Gasteiger partial charge in [-0.1, -0.05) is 6.08 Å². The lowest BCUT2D eigenvalue weighted by Crippen LogP contribution is -2.35.